The van der Waals surface area contributed by atoms with Crippen molar-refractivity contribution in [3.05, 3.63) is 72.3 Å². The van der Waals surface area contributed by atoms with E-state index in [4.69, 9.17) is 0 Å². The number of nitrogens with zero attached hydrogens (tertiary/aromatic N) is 1. The second kappa shape index (κ2) is 6.44. The van der Waals surface area contributed by atoms with Gasteiger partial charge in [-0.05, 0) is 49.4 Å². The number of nitrogens with one attached hydrogen (secondary N) is 2. The summed E-state index contributed by atoms with van der Waals surface area (Å²) in [6.45, 7) is 1.90. The Morgan fingerprint density at radius 1 is 1.00 bits per heavy atom. The van der Waals surface area contributed by atoms with Gasteiger partial charge in [0, 0.05) is 5.56 Å². The zero-order chi connectivity index (χ0) is 19.0. The van der Waals surface area contributed by atoms with Crippen molar-refractivity contribution < 1.29 is 13.5 Å². The van der Waals surface area contributed by atoms with E-state index in [2.05, 4.69) is 14.7 Å². The Hall–Kier alpha value is -3.32. The number of sulfonamides is 1. The Kier molecular flexibility index (Phi) is 4.08. The predicted octanol–water partition coefficient (Wildman–Crippen LogP) is 4.04. The van der Waals surface area contributed by atoms with Crippen LogP contribution in [0.1, 0.15) is 5.56 Å². The van der Waals surface area contributed by atoms with Crippen molar-refractivity contribution in [2.24, 2.45) is 0 Å². The van der Waals surface area contributed by atoms with Gasteiger partial charge in [-0.15, -0.1) is 0 Å². The summed E-state index contributed by atoms with van der Waals surface area (Å²) in [7, 11) is -3.67. The van der Waals surface area contributed by atoms with Crippen molar-refractivity contribution in [2.75, 3.05) is 4.72 Å². The van der Waals surface area contributed by atoms with E-state index in [9.17, 15) is 13.5 Å². The number of phenolic OH excluding ortho intramolecular Hbond substituents is 1. The summed E-state index contributed by atoms with van der Waals surface area (Å²) in [5, 5.41) is 9.63. The maximum atomic E-state index is 12.5. The summed E-state index contributed by atoms with van der Waals surface area (Å²) in [4.78, 5) is 7.85. The molecule has 0 aliphatic heterocycles. The van der Waals surface area contributed by atoms with Crippen molar-refractivity contribution in [1.82, 2.24) is 9.97 Å². The van der Waals surface area contributed by atoms with Crippen molar-refractivity contribution in [2.45, 2.75) is 11.8 Å². The van der Waals surface area contributed by atoms with Crippen LogP contribution in [0, 0.1) is 6.92 Å². The number of aromatic hydroxyl groups is 1. The summed E-state index contributed by atoms with van der Waals surface area (Å²) in [6.07, 6.45) is 0. The summed E-state index contributed by atoms with van der Waals surface area (Å²) >= 11 is 0. The molecule has 27 heavy (non-hydrogen) atoms. The van der Waals surface area contributed by atoms with E-state index in [-0.39, 0.29) is 10.6 Å². The quantitative estimate of drug-likeness (QED) is 0.499. The number of anilines is 1. The van der Waals surface area contributed by atoms with Crippen LogP contribution < -0.4 is 4.72 Å². The van der Waals surface area contributed by atoms with Gasteiger partial charge >= 0.3 is 0 Å². The Bertz CT molecular complexity index is 1230. The van der Waals surface area contributed by atoms with Gasteiger partial charge in [-0.25, -0.2) is 13.4 Å². The molecule has 0 atom stereocenters. The van der Waals surface area contributed by atoms with E-state index in [1.807, 2.05) is 13.0 Å². The number of hydrogen-bond donors (Lipinski definition) is 3. The molecule has 0 saturated heterocycles. The molecule has 0 spiro atoms. The number of fused-ring (bicyclic) bond motifs is 1. The molecule has 0 aliphatic rings. The van der Waals surface area contributed by atoms with E-state index >= 15 is 0 Å². The molecule has 3 N–H and O–H groups in total. The molecule has 1 aromatic heterocycles. The first-order valence-corrected chi connectivity index (χ1v) is 9.78. The molecular weight excluding hydrogens is 362 g/mol. The number of aromatic amines is 1. The van der Waals surface area contributed by atoms with Crippen LogP contribution in [0.4, 0.5) is 5.69 Å². The Balaban J connectivity index is 1.66. The number of phenols is 1. The number of imidazole rings is 1. The largest absolute Gasteiger partial charge is 0.508 e. The number of aryl methyl sites for hydroxylation is 1. The molecule has 1 heterocycles. The van der Waals surface area contributed by atoms with Crippen LogP contribution in [0.5, 0.6) is 5.75 Å². The van der Waals surface area contributed by atoms with E-state index in [1.54, 1.807) is 60.7 Å². The van der Waals surface area contributed by atoms with Crippen LogP contribution in [-0.2, 0) is 10.0 Å². The summed E-state index contributed by atoms with van der Waals surface area (Å²) < 4.78 is 27.7. The number of H-pyrrole nitrogens is 1. The van der Waals surface area contributed by atoms with E-state index in [1.165, 1.54) is 0 Å². The minimum atomic E-state index is -3.67. The topological polar surface area (TPSA) is 95.1 Å². The zero-order valence-corrected chi connectivity index (χ0v) is 15.3. The average molecular weight is 379 g/mol. The first-order chi connectivity index (χ1) is 12.9. The van der Waals surface area contributed by atoms with Gasteiger partial charge in [-0.3, -0.25) is 4.72 Å². The molecule has 0 unspecified atom stereocenters. The van der Waals surface area contributed by atoms with E-state index in [0.29, 0.717) is 22.5 Å². The third kappa shape index (κ3) is 3.50. The monoisotopic (exact) mass is 379 g/mol. The molecule has 7 heteroatoms. The minimum Gasteiger partial charge on any atom is -0.508 e. The van der Waals surface area contributed by atoms with Gasteiger partial charge in [0.15, 0.2) is 0 Å². The SMILES string of the molecule is Cc1ccc(S(=O)(=O)Nc2ccc3nc(-c4cccc(O)c4)[nH]c3c2)cc1. The summed E-state index contributed by atoms with van der Waals surface area (Å²) in [6, 6.07) is 18.5. The van der Waals surface area contributed by atoms with Gasteiger partial charge in [-0.1, -0.05) is 29.8 Å². The summed E-state index contributed by atoms with van der Waals surface area (Å²) in [5.74, 6) is 0.749. The molecule has 4 rings (SSSR count). The minimum absolute atomic E-state index is 0.152. The highest BCUT2D eigenvalue weighted by molar-refractivity contribution is 7.92. The molecule has 0 aliphatic carbocycles. The highest BCUT2D eigenvalue weighted by atomic mass is 32.2. The molecule has 0 fully saturated rings. The highest BCUT2D eigenvalue weighted by Gasteiger charge is 2.15. The van der Waals surface area contributed by atoms with Gasteiger partial charge in [0.05, 0.1) is 21.6 Å². The lowest BCUT2D eigenvalue weighted by atomic mass is 10.2. The Morgan fingerprint density at radius 3 is 2.52 bits per heavy atom. The van der Waals surface area contributed by atoms with Crippen LogP contribution in [0.3, 0.4) is 0 Å². The molecule has 0 radical (unpaired) electrons. The number of hydrogen-bond acceptors (Lipinski definition) is 4. The van der Waals surface area contributed by atoms with Crippen molar-refractivity contribution in [3.63, 3.8) is 0 Å². The van der Waals surface area contributed by atoms with Crippen LogP contribution in [0.25, 0.3) is 22.4 Å². The van der Waals surface area contributed by atoms with Gasteiger partial charge in [-0.2, -0.15) is 0 Å². The van der Waals surface area contributed by atoms with Gasteiger partial charge < -0.3 is 10.1 Å². The lowest BCUT2D eigenvalue weighted by Crippen LogP contribution is -2.12. The maximum absolute atomic E-state index is 12.5. The van der Waals surface area contributed by atoms with Gasteiger partial charge in [0.1, 0.15) is 11.6 Å². The fourth-order valence-corrected chi connectivity index (χ4v) is 3.84. The number of benzene rings is 3. The van der Waals surface area contributed by atoms with Crippen LogP contribution in [0.2, 0.25) is 0 Å². The molecule has 0 amide bonds. The third-order valence-electron chi connectivity index (χ3n) is 4.18. The highest BCUT2D eigenvalue weighted by Crippen LogP contribution is 2.26. The molecule has 0 bridgehead atoms. The van der Waals surface area contributed by atoms with Crippen LogP contribution in [-0.4, -0.2) is 23.5 Å². The van der Waals surface area contributed by atoms with Crippen molar-refractivity contribution >= 4 is 26.7 Å². The lowest BCUT2D eigenvalue weighted by molar-refractivity contribution is 0.475. The Morgan fingerprint density at radius 2 is 1.78 bits per heavy atom. The normalized spacial score (nSPS) is 11.6. The van der Waals surface area contributed by atoms with Crippen molar-refractivity contribution in [1.29, 1.82) is 0 Å². The fraction of sp³-hybridized carbons (Fsp3) is 0.0500. The molecule has 6 nitrogen and oxygen atoms in total. The molecule has 0 saturated carbocycles. The van der Waals surface area contributed by atoms with Gasteiger partial charge in [0.2, 0.25) is 0 Å². The Labute approximate surface area is 156 Å². The molecule has 3 aromatic carbocycles. The van der Waals surface area contributed by atoms with E-state index < -0.39 is 10.0 Å². The smallest absolute Gasteiger partial charge is 0.261 e. The number of rotatable bonds is 4. The third-order valence-corrected chi connectivity index (χ3v) is 5.58. The second-order valence-electron chi connectivity index (χ2n) is 6.29. The predicted molar refractivity (Wildman–Crippen MR) is 105 cm³/mol. The lowest BCUT2D eigenvalue weighted by Gasteiger charge is -2.08. The fourth-order valence-electron chi connectivity index (χ4n) is 2.79. The summed E-state index contributed by atoms with van der Waals surface area (Å²) in [5.41, 5.74) is 3.57. The van der Waals surface area contributed by atoms with E-state index in [0.717, 1.165) is 11.1 Å². The first kappa shape index (κ1) is 17.1. The second-order valence-corrected chi connectivity index (χ2v) is 7.97. The van der Waals surface area contributed by atoms with Crippen LogP contribution in [0.15, 0.2) is 71.6 Å². The van der Waals surface area contributed by atoms with Crippen LogP contribution >= 0.6 is 0 Å². The number of aromatic nitrogens is 2. The molecule has 4 aromatic rings. The molecule has 136 valence electrons. The first-order valence-electron chi connectivity index (χ1n) is 8.29. The van der Waals surface area contributed by atoms with Crippen molar-refractivity contribution in [3.8, 4) is 17.1 Å². The molecular formula is C20H17N3O3S. The average Bonchev–Trinajstić information content (AvgIpc) is 3.05. The zero-order valence-electron chi connectivity index (χ0n) is 14.5. The standard InChI is InChI=1S/C20H17N3O3S/c1-13-5-8-17(9-6-13)27(25,26)23-15-7-10-18-19(12-15)22-20(21-18)14-3-2-4-16(24)11-14/h2-12,23-24H,1H3,(H,21,22). The maximum Gasteiger partial charge on any atom is 0.261 e. The van der Waals surface area contributed by atoms with Gasteiger partial charge in [0.25, 0.3) is 10.0 Å².